The molecule has 0 amide bonds. The summed E-state index contributed by atoms with van der Waals surface area (Å²) >= 11 is 0. The van der Waals surface area contributed by atoms with Gasteiger partial charge in [-0.2, -0.15) is 0 Å². The van der Waals surface area contributed by atoms with Crippen LogP contribution in [-0.2, 0) is 11.2 Å². The molecular weight excluding hydrogens is 211 g/mol. The molecule has 0 aliphatic rings. The Morgan fingerprint density at radius 2 is 2.06 bits per heavy atom. The monoisotopic (exact) mass is 228 g/mol. The minimum atomic E-state index is -0.990. The van der Waals surface area contributed by atoms with Crippen molar-refractivity contribution in [2.45, 2.75) is 18.9 Å². The molecule has 0 aliphatic heterocycles. The minimum absolute atomic E-state index is 0.204. The second-order valence-corrected chi connectivity index (χ2v) is 4.08. The van der Waals surface area contributed by atoms with Gasteiger partial charge in [-0.3, -0.25) is 0 Å². The average Bonchev–Trinajstić information content (AvgIpc) is 2.17. The number of rotatable bonds is 5. The van der Waals surface area contributed by atoms with Gasteiger partial charge in [-0.05, 0) is 24.6 Å². The summed E-state index contributed by atoms with van der Waals surface area (Å²) in [7, 11) is 2.93. The van der Waals surface area contributed by atoms with Gasteiger partial charge in [-0.15, -0.1) is 0 Å². The lowest BCUT2D eigenvalue weighted by molar-refractivity contribution is -0.0161. The molecule has 1 rings (SSSR count). The van der Waals surface area contributed by atoms with Crippen molar-refractivity contribution in [1.29, 1.82) is 0 Å². The Bertz CT molecular complexity index is 350. The van der Waals surface area contributed by atoms with Crippen molar-refractivity contribution >= 4 is 0 Å². The normalized spacial score (nSPS) is 14.6. The van der Waals surface area contributed by atoms with Gasteiger partial charge < -0.3 is 14.6 Å². The SMILES string of the molecule is COCC(C)(O)Cc1ccc(OC)c(F)c1. The van der Waals surface area contributed by atoms with Gasteiger partial charge in [-0.1, -0.05) is 6.07 Å². The lowest BCUT2D eigenvalue weighted by Crippen LogP contribution is -2.32. The Morgan fingerprint density at radius 1 is 1.38 bits per heavy atom. The molecule has 1 aromatic rings. The first-order valence-electron chi connectivity index (χ1n) is 5.02. The molecule has 16 heavy (non-hydrogen) atoms. The molecular formula is C12H17FO3. The molecule has 0 saturated heterocycles. The zero-order chi connectivity index (χ0) is 12.2. The number of halogens is 1. The smallest absolute Gasteiger partial charge is 0.165 e. The quantitative estimate of drug-likeness (QED) is 0.834. The second-order valence-electron chi connectivity index (χ2n) is 4.08. The van der Waals surface area contributed by atoms with E-state index in [0.29, 0.717) is 12.0 Å². The van der Waals surface area contributed by atoms with Crippen molar-refractivity contribution in [3.63, 3.8) is 0 Å². The summed E-state index contributed by atoms with van der Waals surface area (Å²) in [5.74, 6) is -0.219. The van der Waals surface area contributed by atoms with E-state index in [1.165, 1.54) is 20.3 Å². The number of aliphatic hydroxyl groups is 1. The van der Waals surface area contributed by atoms with Gasteiger partial charge in [0.1, 0.15) is 0 Å². The van der Waals surface area contributed by atoms with Crippen LogP contribution in [0.4, 0.5) is 4.39 Å². The van der Waals surface area contributed by atoms with Gasteiger partial charge >= 0.3 is 0 Å². The molecule has 0 aliphatic carbocycles. The zero-order valence-electron chi connectivity index (χ0n) is 9.79. The topological polar surface area (TPSA) is 38.7 Å². The number of ether oxygens (including phenoxy) is 2. The van der Waals surface area contributed by atoms with Crippen LogP contribution in [0.2, 0.25) is 0 Å². The summed E-state index contributed by atoms with van der Waals surface area (Å²) in [4.78, 5) is 0. The highest BCUT2D eigenvalue weighted by Crippen LogP contribution is 2.21. The van der Waals surface area contributed by atoms with Gasteiger partial charge in [0.2, 0.25) is 0 Å². The van der Waals surface area contributed by atoms with E-state index < -0.39 is 11.4 Å². The summed E-state index contributed by atoms with van der Waals surface area (Å²) in [6.45, 7) is 1.86. The number of hydrogen-bond acceptors (Lipinski definition) is 3. The third-order valence-electron chi connectivity index (χ3n) is 2.26. The fourth-order valence-corrected chi connectivity index (χ4v) is 1.62. The van der Waals surface area contributed by atoms with E-state index in [4.69, 9.17) is 9.47 Å². The number of methoxy groups -OCH3 is 2. The van der Waals surface area contributed by atoms with Gasteiger partial charge in [0.05, 0.1) is 19.3 Å². The van der Waals surface area contributed by atoms with Crippen molar-refractivity contribution in [3.05, 3.63) is 29.6 Å². The van der Waals surface area contributed by atoms with Crippen molar-refractivity contribution < 1.29 is 19.0 Å². The van der Waals surface area contributed by atoms with Crippen LogP contribution in [0.25, 0.3) is 0 Å². The van der Waals surface area contributed by atoms with Gasteiger partial charge in [0.15, 0.2) is 11.6 Å². The third-order valence-corrected chi connectivity index (χ3v) is 2.26. The maximum absolute atomic E-state index is 13.4. The molecule has 0 bridgehead atoms. The lowest BCUT2D eigenvalue weighted by Gasteiger charge is -2.22. The molecule has 0 saturated carbocycles. The summed E-state index contributed by atoms with van der Waals surface area (Å²) in [5, 5.41) is 9.91. The van der Waals surface area contributed by atoms with Crippen LogP contribution in [-0.4, -0.2) is 31.5 Å². The zero-order valence-corrected chi connectivity index (χ0v) is 9.79. The third kappa shape index (κ3) is 3.47. The highest BCUT2D eigenvalue weighted by molar-refractivity contribution is 5.30. The fourth-order valence-electron chi connectivity index (χ4n) is 1.62. The molecule has 0 spiro atoms. The van der Waals surface area contributed by atoms with Crippen LogP contribution in [0.1, 0.15) is 12.5 Å². The number of benzene rings is 1. The first kappa shape index (κ1) is 12.9. The Morgan fingerprint density at radius 3 is 2.56 bits per heavy atom. The van der Waals surface area contributed by atoms with E-state index in [1.807, 2.05) is 0 Å². The molecule has 90 valence electrons. The molecule has 0 radical (unpaired) electrons. The fraction of sp³-hybridized carbons (Fsp3) is 0.500. The van der Waals surface area contributed by atoms with E-state index in [9.17, 15) is 9.50 Å². The van der Waals surface area contributed by atoms with Gasteiger partial charge in [0, 0.05) is 13.5 Å². The van der Waals surface area contributed by atoms with Crippen molar-refractivity contribution in [2.24, 2.45) is 0 Å². The summed E-state index contributed by atoms with van der Waals surface area (Å²) in [6, 6.07) is 4.64. The van der Waals surface area contributed by atoms with E-state index in [2.05, 4.69) is 0 Å². The van der Waals surface area contributed by atoms with Crippen molar-refractivity contribution in [3.8, 4) is 5.75 Å². The molecule has 1 aromatic carbocycles. The first-order chi connectivity index (χ1) is 7.48. The van der Waals surface area contributed by atoms with Crippen molar-refractivity contribution in [2.75, 3.05) is 20.8 Å². The predicted molar refractivity (Wildman–Crippen MR) is 59.2 cm³/mol. The summed E-state index contributed by atoms with van der Waals surface area (Å²) in [5.41, 5.74) is -0.282. The van der Waals surface area contributed by atoms with Gasteiger partial charge in [-0.25, -0.2) is 4.39 Å². The Balaban J connectivity index is 2.78. The Kier molecular flexibility index (Phi) is 4.26. The van der Waals surface area contributed by atoms with Crippen LogP contribution < -0.4 is 4.74 Å². The molecule has 0 fully saturated rings. The second kappa shape index (κ2) is 5.27. The molecule has 1 atom stereocenters. The van der Waals surface area contributed by atoms with Crippen LogP contribution in [0.5, 0.6) is 5.75 Å². The van der Waals surface area contributed by atoms with Gasteiger partial charge in [0.25, 0.3) is 0 Å². The molecule has 3 nitrogen and oxygen atoms in total. The van der Waals surface area contributed by atoms with Crippen LogP contribution in [0, 0.1) is 5.82 Å². The van der Waals surface area contributed by atoms with E-state index >= 15 is 0 Å². The number of hydrogen-bond donors (Lipinski definition) is 1. The van der Waals surface area contributed by atoms with Crippen LogP contribution in [0.15, 0.2) is 18.2 Å². The Labute approximate surface area is 94.8 Å². The maximum atomic E-state index is 13.4. The van der Waals surface area contributed by atoms with Crippen LogP contribution >= 0.6 is 0 Å². The molecule has 1 unspecified atom stereocenters. The maximum Gasteiger partial charge on any atom is 0.165 e. The van der Waals surface area contributed by atoms with Crippen molar-refractivity contribution in [1.82, 2.24) is 0 Å². The lowest BCUT2D eigenvalue weighted by atomic mass is 9.97. The molecule has 1 N–H and O–H groups in total. The Hall–Kier alpha value is -1.13. The standard InChI is InChI=1S/C12H17FO3/c1-12(14,8-15-2)7-9-4-5-11(16-3)10(13)6-9/h4-6,14H,7-8H2,1-3H3. The predicted octanol–water partition coefficient (Wildman–Crippen LogP) is 1.77. The molecule has 0 heterocycles. The average molecular weight is 228 g/mol. The van der Waals surface area contributed by atoms with E-state index in [-0.39, 0.29) is 12.4 Å². The van der Waals surface area contributed by atoms with Crippen LogP contribution in [0.3, 0.4) is 0 Å². The van der Waals surface area contributed by atoms with E-state index in [0.717, 1.165) is 0 Å². The summed E-state index contributed by atoms with van der Waals surface area (Å²) < 4.78 is 23.1. The minimum Gasteiger partial charge on any atom is -0.494 e. The first-order valence-corrected chi connectivity index (χ1v) is 5.02. The molecule has 0 aromatic heterocycles. The summed E-state index contributed by atoms with van der Waals surface area (Å²) in [6.07, 6.45) is 0.335. The largest absolute Gasteiger partial charge is 0.494 e. The highest BCUT2D eigenvalue weighted by atomic mass is 19.1. The highest BCUT2D eigenvalue weighted by Gasteiger charge is 2.21. The molecule has 4 heteroatoms. The van der Waals surface area contributed by atoms with E-state index in [1.54, 1.807) is 19.1 Å².